The molecule has 0 unspecified atom stereocenters. The predicted molar refractivity (Wildman–Crippen MR) is 110 cm³/mol. The lowest BCUT2D eigenvalue weighted by atomic mass is 10.2. The van der Waals surface area contributed by atoms with Crippen LogP contribution in [0.5, 0.6) is 0 Å². The van der Waals surface area contributed by atoms with Crippen LogP contribution in [0.25, 0.3) is 5.52 Å². The van der Waals surface area contributed by atoms with Crippen molar-refractivity contribution < 1.29 is 9.59 Å². The predicted octanol–water partition coefficient (Wildman–Crippen LogP) is 3.22. The van der Waals surface area contributed by atoms with Crippen molar-refractivity contribution in [3.8, 4) is 0 Å². The standard InChI is InChI=1S/C22H19N5O2/c1-15-8-10-16(11-9-15)25-22(29)20-26-19(18-7-3-5-13-27(18)20)21(28)24-14-17-6-2-4-12-23-17/h2-13H,14H2,1H3,(H,24,28)(H,25,29). The number of hydrogen-bond acceptors (Lipinski definition) is 4. The van der Waals surface area contributed by atoms with Crippen LogP contribution in [0.15, 0.2) is 73.1 Å². The van der Waals surface area contributed by atoms with Crippen LogP contribution in [0, 0.1) is 6.92 Å². The van der Waals surface area contributed by atoms with Gasteiger partial charge in [0, 0.05) is 18.1 Å². The summed E-state index contributed by atoms with van der Waals surface area (Å²) in [6.45, 7) is 2.25. The van der Waals surface area contributed by atoms with Gasteiger partial charge in [-0.3, -0.25) is 19.0 Å². The van der Waals surface area contributed by atoms with E-state index in [2.05, 4.69) is 20.6 Å². The Labute approximate surface area is 167 Å². The molecule has 0 spiro atoms. The lowest BCUT2D eigenvalue weighted by Gasteiger charge is -2.04. The first-order valence-electron chi connectivity index (χ1n) is 9.15. The molecule has 2 amide bonds. The molecule has 0 radical (unpaired) electrons. The monoisotopic (exact) mass is 385 g/mol. The number of hydrogen-bond donors (Lipinski definition) is 2. The number of amides is 2. The van der Waals surface area contributed by atoms with E-state index in [0.717, 1.165) is 11.3 Å². The van der Waals surface area contributed by atoms with Gasteiger partial charge in [0.05, 0.1) is 17.8 Å². The van der Waals surface area contributed by atoms with Gasteiger partial charge in [-0.2, -0.15) is 0 Å². The molecule has 0 saturated heterocycles. The van der Waals surface area contributed by atoms with Gasteiger partial charge in [0.1, 0.15) is 0 Å². The molecule has 1 aromatic carbocycles. The van der Waals surface area contributed by atoms with Gasteiger partial charge in [0.2, 0.25) is 5.82 Å². The summed E-state index contributed by atoms with van der Waals surface area (Å²) in [4.78, 5) is 34.0. The Bertz CT molecular complexity index is 1170. The van der Waals surface area contributed by atoms with Crippen molar-refractivity contribution in [2.24, 2.45) is 0 Å². The molecule has 4 aromatic rings. The van der Waals surface area contributed by atoms with Crippen LogP contribution in [0.2, 0.25) is 0 Å². The van der Waals surface area contributed by atoms with Crippen LogP contribution in [-0.4, -0.2) is 26.2 Å². The average molecular weight is 385 g/mol. The van der Waals surface area contributed by atoms with Gasteiger partial charge in [-0.1, -0.05) is 29.8 Å². The van der Waals surface area contributed by atoms with Gasteiger partial charge in [0.15, 0.2) is 5.69 Å². The molecular weight excluding hydrogens is 366 g/mol. The molecule has 144 valence electrons. The third-order valence-electron chi connectivity index (χ3n) is 4.43. The third kappa shape index (κ3) is 3.98. The fraction of sp³-hybridized carbons (Fsp3) is 0.0909. The van der Waals surface area contributed by atoms with Crippen molar-refractivity contribution in [1.82, 2.24) is 19.7 Å². The molecule has 7 nitrogen and oxygen atoms in total. The van der Waals surface area contributed by atoms with E-state index in [9.17, 15) is 9.59 Å². The molecule has 0 bridgehead atoms. The average Bonchev–Trinajstić information content (AvgIpc) is 3.14. The summed E-state index contributed by atoms with van der Waals surface area (Å²) in [6, 6.07) is 18.3. The lowest BCUT2D eigenvalue weighted by Crippen LogP contribution is -2.24. The van der Waals surface area contributed by atoms with E-state index in [1.807, 2.05) is 49.4 Å². The summed E-state index contributed by atoms with van der Waals surface area (Å²) in [5, 5.41) is 5.63. The smallest absolute Gasteiger partial charge is 0.292 e. The molecule has 0 aliphatic rings. The van der Waals surface area contributed by atoms with Gasteiger partial charge in [-0.25, -0.2) is 4.98 Å². The molecule has 3 aromatic heterocycles. The van der Waals surface area contributed by atoms with Crippen LogP contribution >= 0.6 is 0 Å². The Morgan fingerprint density at radius 3 is 2.52 bits per heavy atom. The minimum absolute atomic E-state index is 0.143. The summed E-state index contributed by atoms with van der Waals surface area (Å²) >= 11 is 0. The Balaban J connectivity index is 1.60. The summed E-state index contributed by atoms with van der Waals surface area (Å²) < 4.78 is 1.61. The molecule has 0 aliphatic carbocycles. The molecule has 0 saturated carbocycles. The normalized spacial score (nSPS) is 10.7. The molecule has 4 rings (SSSR count). The highest BCUT2D eigenvalue weighted by Crippen LogP contribution is 2.16. The van der Waals surface area contributed by atoms with Crippen molar-refractivity contribution >= 4 is 23.0 Å². The highest BCUT2D eigenvalue weighted by Gasteiger charge is 2.21. The summed E-state index contributed by atoms with van der Waals surface area (Å²) in [5.41, 5.74) is 3.24. The van der Waals surface area contributed by atoms with Gasteiger partial charge in [-0.05, 0) is 43.3 Å². The number of anilines is 1. The first-order valence-corrected chi connectivity index (χ1v) is 9.15. The van der Waals surface area contributed by atoms with Crippen LogP contribution in [-0.2, 0) is 6.54 Å². The number of benzene rings is 1. The molecule has 2 N–H and O–H groups in total. The van der Waals surface area contributed by atoms with Crippen LogP contribution < -0.4 is 10.6 Å². The van der Waals surface area contributed by atoms with Crippen molar-refractivity contribution in [3.63, 3.8) is 0 Å². The lowest BCUT2D eigenvalue weighted by molar-refractivity contribution is 0.0947. The zero-order valence-electron chi connectivity index (χ0n) is 15.8. The van der Waals surface area contributed by atoms with Crippen LogP contribution in [0.4, 0.5) is 5.69 Å². The number of imidazole rings is 1. The molecule has 0 fully saturated rings. The number of fused-ring (bicyclic) bond motifs is 1. The molecule has 0 atom stereocenters. The summed E-state index contributed by atoms with van der Waals surface area (Å²) in [6.07, 6.45) is 3.38. The quantitative estimate of drug-likeness (QED) is 0.552. The number of rotatable bonds is 5. The van der Waals surface area contributed by atoms with E-state index < -0.39 is 0 Å². The molecule has 3 heterocycles. The van der Waals surface area contributed by atoms with E-state index in [1.165, 1.54) is 0 Å². The third-order valence-corrected chi connectivity index (χ3v) is 4.43. The number of nitrogens with zero attached hydrogens (tertiary/aromatic N) is 3. The summed E-state index contributed by atoms with van der Waals surface area (Å²) in [5.74, 6) is -0.614. The topological polar surface area (TPSA) is 88.4 Å². The van der Waals surface area contributed by atoms with E-state index >= 15 is 0 Å². The van der Waals surface area contributed by atoms with Crippen molar-refractivity contribution in [1.29, 1.82) is 0 Å². The molecule has 0 aliphatic heterocycles. The Morgan fingerprint density at radius 2 is 1.76 bits per heavy atom. The van der Waals surface area contributed by atoms with E-state index in [-0.39, 0.29) is 29.9 Å². The largest absolute Gasteiger partial charge is 0.345 e. The van der Waals surface area contributed by atoms with E-state index in [1.54, 1.807) is 35.0 Å². The minimum atomic E-state index is -0.390. The second-order valence-corrected chi connectivity index (χ2v) is 6.56. The fourth-order valence-electron chi connectivity index (χ4n) is 2.95. The number of carbonyl (C=O) groups is 2. The maximum Gasteiger partial charge on any atom is 0.292 e. The van der Waals surface area contributed by atoms with E-state index in [4.69, 9.17) is 0 Å². The zero-order chi connectivity index (χ0) is 20.2. The highest BCUT2D eigenvalue weighted by molar-refractivity contribution is 6.06. The number of carbonyl (C=O) groups excluding carboxylic acids is 2. The Morgan fingerprint density at radius 1 is 0.966 bits per heavy atom. The summed E-state index contributed by atoms with van der Waals surface area (Å²) in [7, 11) is 0. The Hall–Kier alpha value is -4.00. The Kier molecular flexibility index (Phi) is 5.03. The van der Waals surface area contributed by atoms with Gasteiger partial charge in [0.25, 0.3) is 11.8 Å². The van der Waals surface area contributed by atoms with Crippen molar-refractivity contribution in [2.75, 3.05) is 5.32 Å². The maximum atomic E-state index is 12.8. The number of aryl methyl sites for hydroxylation is 1. The van der Waals surface area contributed by atoms with Gasteiger partial charge >= 0.3 is 0 Å². The zero-order valence-corrected chi connectivity index (χ0v) is 15.8. The van der Waals surface area contributed by atoms with Crippen molar-refractivity contribution in [3.05, 3.63) is 95.8 Å². The second kappa shape index (κ2) is 7.93. The maximum absolute atomic E-state index is 12.8. The van der Waals surface area contributed by atoms with Gasteiger partial charge < -0.3 is 10.6 Å². The fourth-order valence-corrected chi connectivity index (χ4v) is 2.95. The SMILES string of the molecule is Cc1ccc(NC(=O)c2nc(C(=O)NCc3ccccn3)c3ccccn23)cc1. The van der Waals surface area contributed by atoms with Gasteiger partial charge in [-0.15, -0.1) is 0 Å². The first kappa shape index (κ1) is 18.4. The number of nitrogens with one attached hydrogen (secondary N) is 2. The highest BCUT2D eigenvalue weighted by atomic mass is 16.2. The molecule has 29 heavy (non-hydrogen) atoms. The van der Waals surface area contributed by atoms with E-state index in [0.29, 0.717) is 11.2 Å². The molecular formula is C22H19N5O2. The number of pyridine rings is 2. The number of aromatic nitrogens is 3. The second-order valence-electron chi connectivity index (χ2n) is 6.56. The minimum Gasteiger partial charge on any atom is -0.345 e. The van der Waals surface area contributed by atoms with Crippen molar-refractivity contribution in [2.45, 2.75) is 13.5 Å². The van der Waals surface area contributed by atoms with Crippen LogP contribution in [0.1, 0.15) is 32.4 Å². The van der Waals surface area contributed by atoms with Crippen LogP contribution in [0.3, 0.4) is 0 Å². The molecule has 7 heteroatoms. The first-order chi connectivity index (χ1) is 14.1.